The number of nitrogens with two attached hydrogens (primary N) is 1. The lowest BCUT2D eigenvalue weighted by atomic mass is 10.0. The lowest BCUT2D eigenvalue weighted by Crippen LogP contribution is -2.46. The van der Waals surface area contributed by atoms with Crippen molar-refractivity contribution in [2.45, 2.75) is 25.4 Å². The number of H-pyrrole nitrogens is 1. The molecular formula is C16H20N6O2. The van der Waals surface area contributed by atoms with Gasteiger partial charge in [0.2, 0.25) is 5.91 Å². The molecule has 1 aliphatic rings. The van der Waals surface area contributed by atoms with Crippen molar-refractivity contribution in [1.29, 1.82) is 0 Å². The molecule has 0 unspecified atom stereocenters. The molecule has 2 heterocycles. The third kappa shape index (κ3) is 3.00. The molecule has 0 saturated carbocycles. The SMILES string of the molecule is CCNC(=O)[C@@H]1C[C@@H](N)CN1C(=O)c1ccccc1-c1ncn[nH]1. The fraction of sp³-hybridized carbons (Fsp3) is 0.375. The normalized spacial score (nSPS) is 20.2. The molecule has 2 aromatic rings. The highest BCUT2D eigenvalue weighted by Crippen LogP contribution is 2.25. The number of hydrogen-bond donors (Lipinski definition) is 3. The zero-order chi connectivity index (χ0) is 17.1. The summed E-state index contributed by atoms with van der Waals surface area (Å²) in [6, 6.07) is 6.37. The van der Waals surface area contributed by atoms with Gasteiger partial charge in [-0.1, -0.05) is 18.2 Å². The minimum absolute atomic E-state index is 0.170. The average Bonchev–Trinajstić information content (AvgIpc) is 3.24. The average molecular weight is 328 g/mol. The lowest BCUT2D eigenvalue weighted by Gasteiger charge is -2.24. The molecule has 24 heavy (non-hydrogen) atoms. The van der Waals surface area contributed by atoms with Crippen LogP contribution in [0.2, 0.25) is 0 Å². The Kier molecular flexibility index (Phi) is 4.57. The Hall–Kier alpha value is -2.74. The molecular weight excluding hydrogens is 308 g/mol. The first-order valence-corrected chi connectivity index (χ1v) is 7.90. The van der Waals surface area contributed by atoms with E-state index in [4.69, 9.17) is 5.73 Å². The third-order valence-corrected chi connectivity index (χ3v) is 4.08. The summed E-state index contributed by atoms with van der Waals surface area (Å²) in [7, 11) is 0. The molecule has 3 rings (SSSR count). The van der Waals surface area contributed by atoms with Crippen LogP contribution in [-0.2, 0) is 4.79 Å². The van der Waals surface area contributed by atoms with Gasteiger partial charge in [0.1, 0.15) is 12.4 Å². The van der Waals surface area contributed by atoms with Crippen LogP contribution in [0.1, 0.15) is 23.7 Å². The summed E-state index contributed by atoms with van der Waals surface area (Å²) in [6.45, 7) is 2.71. The van der Waals surface area contributed by atoms with E-state index in [9.17, 15) is 9.59 Å². The predicted octanol–water partition coefficient (Wildman–Crippen LogP) is 0.150. The van der Waals surface area contributed by atoms with Crippen molar-refractivity contribution in [2.75, 3.05) is 13.1 Å². The van der Waals surface area contributed by atoms with Crippen molar-refractivity contribution in [1.82, 2.24) is 25.4 Å². The zero-order valence-electron chi connectivity index (χ0n) is 13.4. The topological polar surface area (TPSA) is 117 Å². The molecule has 8 heteroatoms. The minimum atomic E-state index is -0.546. The van der Waals surface area contributed by atoms with E-state index >= 15 is 0 Å². The highest BCUT2D eigenvalue weighted by molar-refractivity contribution is 6.02. The van der Waals surface area contributed by atoms with Crippen LogP contribution in [0.3, 0.4) is 0 Å². The number of aromatic nitrogens is 3. The Morgan fingerprint density at radius 3 is 2.92 bits per heavy atom. The number of benzene rings is 1. The fourth-order valence-electron chi connectivity index (χ4n) is 3.00. The number of amides is 2. The quantitative estimate of drug-likeness (QED) is 0.738. The maximum absolute atomic E-state index is 13.1. The molecule has 2 amide bonds. The van der Waals surface area contributed by atoms with E-state index in [1.165, 1.54) is 6.33 Å². The summed E-state index contributed by atoms with van der Waals surface area (Å²) in [5.41, 5.74) is 7.11. The molecule has 1 aromatic heterocycles. The van der Waals surface area contributed by atoms with Gasteiger partial charge < -0.3 is 16.0 Å². The van der Waals surface area contributed by atoms with E-state index in [2.05, 4.69) is 20.5 Å². The number of carbonyl (C=O) groups is 2. The van der Waals surface area contributed by atoms with Crippen LogP contribution in [-0.4, -0.2) is 57.1 Å². The second kappa shape index (κ2) is 6.79. The zero-order valence-corrected chi connectivity index (χ0v) is 13.4. The Morgan fingerprint density at radius 2 is 2.21 bits per heavy atom. The van der Waals surface area contributed by atoms with Crippen molar-refractivity contribution >= 4 is 11.8 Å². The van der Waals surface area contributed by atoms with Gasteiger partial charge in [0.25, 0.3) is 5.91 Å². The highest BCUT2D eigenvalue weighted by Gasteiger charge is 2.38. The highest BCUT2D eigenvalue weighted by atomic mass is 16.2. The van der Waals surface area contributed by atoms with E-state index in [0.29, 0.717) is 36.5 Å². The van der Waals surface area contributed by atoms with Gasteiger partial charge in [-0.3, -0.25) is 14.7 Å². The lowest BCUT2D eigenvalue weighted by molar-refractivity contribution is -0.124. The smallest absolute Gasteiger partial charge is 0.255 e. The van der Waals surface area contributed by atoms with Crippen molar-refractivity contribution in [2.24, 2.45) is 5.73 Å². The third-order valence-electron chi connectivity index (χ3n) is 4.08. The van der Waals surface area contributed by atoms with Gasteiger partial charge >= 0.3 is 0 Å². The Bertz CT molecular complexity index is 730. The predicted molar refractivity (Wildman–Crippen MR) is 87.9 cm³/mol. The summed E-state index contributed by atoms with van der Waals surface area (Å²) in [5, 5.41) is 9.37. The van der Waals surface area contributed by atoms with Crippen molar-refractivity contribution in [3.8, 4) is 11.4 Å². The van der Waals surface area contributed by atoms with Gasteiger partial charge in [-0.15, -0.1) is 0 Å². The molecule has 1 fully saturated rings. The molecule has 0 aliphatic carbocycles. The van der Waals surface area contributed by atoms with Crippen LogP contribution in [0.15, 0.2) is 30.6 Å². The summed E-state index contributed by atoms with van der Waals surface area (Å²) in [4.78, 5) is 31.0. The molecule has 4 N–H and O–H groups in total. The number of aromatic amines is 1. The molecule has 0 radical (unpaired) electrons. The minimum Gasteiger partial charge on any atom is -0.355 e. The maximum Gasteiger partial charge on any atom is 0.255 e. The van der Waals surface area contributed by atoms with Crippen molar-refractivity contribution in [3.05, 3.63) is 36.2 Å². The number of carbonyl (C=O) groups excluding carboxylic acids is 2. The second-order valence-electron chi connectivity index (χ2n) is 5.74. The molecule has 0 bridgehead atoms. The Balaban J connectivity index is 1.92. The number of rotatable bonds is 4. The first-order valence-electron chi connectivity index (χ1n) is 7.90. The van der Waals surface area contributed by atoms with E-state index in [1.54, 1.807) is 23.1 Å². The van der Waals surface area contributed by atoms with Gasteiger partial charge in [0.05, 0.1) is 5.56 Å². The summed E-state index contributed by atoms with van der Waals surface area (Å²) >= 11 is 0. The molecule has 1 aliphatic heterocycles. The van der Waals surface area contributed by atoms with Crippen LogP contribution in [0.25, 0.3) is 11.4 Å². The van der Waals surface area contributed by atoms with E-state index in [-0.39, 0.29) is 17.9 Å². The number of likely N-dealkylation sites (N-methyl/N-ethyl adjacent to an activating group) is 1. The number of hydrogen-bond acceptors (Lipinski definition) is 5. The molecule has 0 spiro atoms. The van der Waals surface area contributed by atoms with Gasteiger partial charge in [0, 0.05) is 24.7 Å². The maximum atomic E-state index is 13.1. The van der Waals surface area contributed by atoms with Crippen LogP contribution in [0.5, 0.6) is 0 Å². The molecule has 8 nitrogen and oxygen atoms in total. The molecule has 1 saturated heterocycles. The van der Waals surface area contributed by atoms with E-state index in [0.717, 1.165) is 0 Å². The summed E-state index contributed by atoms with van der Waals surface area (Å²) < 4.78 is 0. The van der Waals surface area contributed by atoms with Gasteiger partial charge in [0.15, 0.2) is 5.82 Å². The summed E-state index contributed by atoms with van der Waals surface area (Å²) in [5.74, 6) is 0.110. The first kappa shape index (κ1) is 16.1. The largest absolute Gasteiger partial charge is 0.355 e. The van der Waals surface area contributed by atoms with Crippen LogP contribution in [0.4, 0.5) is 0 Å². The first-order chi connectivity index (χ1) is 11.6. The number of likely N-dealkylation sites (tertiary alicyclic amines) is 1. The van der Waals surface area contributed by atoms with Crippen LogP contribution < -0.4 is 11.1 Å². The van der Waals surface area contributed by atoms with Gasteiger partial charge in [-0.05, 0) is 19.4 Å². The van der Waals surface area contributed by atoms with Crippen LogP contribution >= 0.6 is 0 Å². The van der Waals surface area contributed by atoms with E-state index in [1.807, 2.05) is 13.0 Å². The van der Waals surface area contributed by atoms with Crippen LogP contribution in [0, 0.1) is 0 Å². The standard InChI is InChI=1S/C16H20N6O2/c1-2-18-15(23)13-7-10(17)8-22(13)16(24)12-6-4-3-5-11(12)14-19-9-20-21-14/h3-6,9-10,13H,2,7-8,17H2,1H3,(H,18,23)(H,19,20,21)/t10-,13+/m1/s1. The van der Waals surface area contributed by atoms with Gasteiger partial charge in [-0.2, -0.15) is 5.10 Å². The van der Waals surface area contributed by atoms with Crippen molar-refractivity contribution < 1.29 is 9.59 Å². The second-order valence-corrected chi connectivity index (χ2v) is 5.74. The van der Waals surface area contributed by atoms with Gasteiger partial charge in [-0.25, -0.2) is 4.98 Å². The summed E-state index contributed by atoms with van der Waals surface area (Å²) in [6.07, 6.45) is 1.85. The molecule has 2 atom stereocenters. The van der Waals surface area contributed by atoms with E-state index < -0.39 is 6.04 Å². The monoisotopic (exact) mass is 328 g/mol. The molecule has 126 valence electrons. The number of nitrogens with one attached hydrogen (secondary N) is 2. The molecule has 1 aromatic carbocycles. The Labute approximate surface area is 139 Å². The number of nitrogens with zero attached hydrogens (tertiary/aromatic N) is 3. The fourth-order valence-corrected chi connectivity index (χ4v) is 3.00. The van der Waals surface area contributed by atoms with Crippen molar-refractivity contribution in [3.63, 3.8) is 0 Å². The Morgan fingerprint density at radius 1 is 1.42 bits per heavy atom.